The van der Waals surface area contributed by atoms with Gasteiger partial charge < -0.3 is 5.32 Å². The number of aryl methyl sites for hydroxylation is 1. The molecule has 0 saturated heterocycles. The minimum absolute atomic E-state index is 0.316. The Labute approximate surface area is 116 Å². The standard InChI is InChI=1S/C11H9BrFN3OS/c1-2-9-10(18-16-15-9)11(17)14-6-3-4-7(12)8(13)5-6/h3-5H,2H2,1H3,(H,14,17). The van der Waals surface area contributed by atoms with Crippen molar-refractivity contribution in [2.45, 2.75) is 13.3 Å². The van der Waals surface area contributed by atoms with Crippen LogP contribution in [0.3, 0.4) is 0 Å². The highest BCUT2D eigenvalue weighted by Gasteiger charge is 2.15. The Morgan fingerprint density at radius 1 is 1.56 bits per heavy atom. The van der Waals surface area contributed by atoms with Crippen LogP contribution in [0.5, 0.6) is 0 Å². The smallest absolute Gasteiger partial charge is 0.269 e. The van der Waals surface area contributed by atoms with E-state index in [1.54, 1.807) is 6.07 Å². The molecule has 0 radical (unpaired) electrons. The van der Waals surface area contributed by atoms with Gasteiger partial charge in [0.25, 0.3) is 5.91 Å². The second-order valence-corrected chi connectivity index (χ2v) is 5.09. The summed E-state index contributed by atoms with van der Waals surface area (Å²) in [6, 6.07) is 4.41. The van der Waals surface area contributed by atoms with E-state index >= 15 is 0 Å². The first-order chi connectivity index (χ1) is 8.61. The van der Waals surface area contributed by atoms with Crippen LogP contribution < -0.4 is 5.32 Å². The fourth-order valence-electron chi connectivity index (χ4n) is 1.37. The fraction of sp³-hybridized carbons (Fsp3) is 0.182. The number of carbonyl (C=O) groups is 1. The van der Waals surface area contributed by atoms with E-state index in [0.717, 1.165) is 11.5 Å². The van der Waals surface area contributed by atoms with Crippen LogP contribution in [0.2, 0.25) is 0 Å². The number of carbonyl (C=O) groups excluding carboxylic acids is 1. The Morgan fingerprint density at radius 2 is 2.33 bits per heavy atom. The lowest BCUT2D eigenvalue weighted by Crippen LogP contribution is -2.12. The monoisotopic (exact) mass is 329 g/mol. The molecule has 0 bridgehead atoms. The number of nitrogens with zero attached hydrogens (tertiary/aromatic N) is 2. The average molecular weight is 330 g/mol. The van der Waals surface area contributed by atoms with Gasteiger partial charge in [-0.2, -0.15) is 0 Å². The van der Waals surface area contributed by atoms with Gasteiger partial charge in [0.15, 0.2) is 0 Å². The summed E-state index contributed by atoms with van der Waals surface area (Å²) in [6.07, 6.45) is 0.633. The van der Waals surface area contributed by atoms with Crippen LogP contribution >= 0.6 is 27.5 Å². The zero-order valence-corrected chi connectivity index (χ0v) is 11.8. The van der Waals surface area contributed by atoms with Crippen LogP contribution in [-0.2, 0) is 6.42 Å². The van der Waals surface area contributed by atoms with Crippen molar-refractivity contribution in [3.8, 4) is 0 Å². The second-order valence-electron chi connectivity index (χ2n) is 3.49. The highest BCUT2D eigenvalue weighted by molar-refractivity contribution is 9.10. The Bertz CT molecular complexity index is 587. The van der Waals surface area contributed by atoms with Gasteiger partial charge in [-0.1, -0.05) is 11.4 Å². The van der Waals surface area contributed by atoms with Gasteiger partial charge in [0, 0.05) is 5.69 Å². The lowest BCUT2D eigenvalue weighted by Gasteiger charge is -2.04. The Morgan fingerprint density at radius 3 is 3.00 bits per heavy atom. The molecule has 1 aromatic carbocycles. The molecule has 18 heavy (non-hydrogen) atoms. The van der Waals surface area contributed by atoms with E-state index < -0.39 is 5.82 Å². The second kappa shape index (κ2) is 5.53. The molecule has 0 aliphatic heterocycles. The predicted octanol–water partition coefficient (Wildman–Crippen LogP) is 3.25. The summed E-state index contributed by atoms with van der Waals surface area (Å²) in [5, 5.41) is 6.47. The molecule has 7 heteroatoms. The van der Waals surface area contributed by atoms with Gasteiger partial charge in [-0.15, -0.1) is 5.10 Å². The molecule has 0 atom stereocenters. The van der Waals surface area contributed by atoms with Crippen LogP contribution in [0.4, 0.5) is 10.1 Å². The van der Waals surface area contributed by atoms with E-state index in [0.29, 0.717) is 27.2 Å². The number of anilines is 1. The first kappa shape index (κ1) is 13.1. The molecule has 0 saturated carbocycles. The zero-order valence-electron chi connectivity index (χ0n) is 9.41. The van der Waals surface area contributed by atoms with E-state index in [1.165, 1.54) is 12.1 Å². The topological polar surface area (TPSA) is 54.9 Å². The molecule has 4 nitrogen and oxygen atoms in total. The molecular formula is C11H9BrFN3OS. The van der Waals surface area contributed by atoms with Gasteiger partial charge >= 0.3 is 0 Å². The van der Waals surface area contributed by atoms with Gasteiger partial charge in [0.1, 0.15) is 10.7 Å². The zero-order chi connectivity index (χ0) is 13.1. The predicted molar refractivity (Wildman–Crippen MR) is 71.3 cm³/mol. The molecule has 1 N–H and O–H groups in total. The minimum Gasteiger partial charge on any atom is -0.321 e. The molecule has 0 spiro atoms. The van der Waals surface area contributed by atoms with E-state index in [4.69, 9.17) is 0 Å². The molecule has 0 unspecified atom stereocenters. The maximum Gasteiger partial charge on any atom is 0.269 e. The summed E-state index contributed by atoms with van der Waals surface area (Å²) in [5.41, 5.74) is 1.05. The Hall–Kier alpha value is -1.34. The molecule has 1 amide bonds. The number of hydrogen-bond donors (Lipinski definition) is 1. The van der Waals surface area contributed by atoms with E-state index in [9.17, 15) is 9.18 Å². The summed E-state index contributed by atoms with van der Waals surface area (Å²) in [5.74, 6) is -0.741. The van der Waals surface area contributed by atoms with Gasteiger partial charge in [-0.3, -0.25) is 4.79 Å². The van der Waals surface area contributed by atoms with Crippen LogP contribution in [0.1, 0.15) is 22.3 Å². The van der Waals surface area contributed by atoms with Gasteiger partial charge in [-0.25, -0.2) is 4.39 Å². The van der Waals surface area contributed by atoms with E-state index in [2.05, 4.69) is 30.8 Å². The molecule has 94 valence electrons. The molecule has 2 aromatic rings. The largest absolute Gasteiger partial charge is 0.321 e. The number of aromatic nitrogens is 2. The third-order valence-electron chi connectivity index (χ3n) is 2.27. The van der Waals surface area contributed by atoms with Crippen LogP contribution in [0, 0.1) is 5.82 Å². The number of benzene rings is 1. The van der Waals surface area contributed by atoms with Crippen molar-refractivity contribution in [3.63, 3.8) is 0 Å². The molecule has 0 fully saturated rings. The normalized spacial score (nSPS) is 10.4. The lowest BCUT2D eigenvalue weighted by atomic mass is 10.2. The summed E-state index contributed by atoms with van der Waals surface area (Å²) < 4.78 is 17.4. The summed E-state index contributed by atoms with van der Waals surface area (Å²) in [7, 11) is 0. The minimum atomic E-state index is -0.425. The van der Waals surface area contributed by atoms with Crippen molar-refractivity contribution in [3.05, 3.63) is 39.1 Å². The van der Waals surface area contributed by atoms with Crippen molar-refractivity contribution < 1.29 is 9.18 Å². The van der Waals surface area contributed by atoms with Gasteiger partial charge in [-0.05, 0) is 52.1 Å². The van der Waals surface area contributed by atoms with E-state index in [-0.39, 0.29) is 5.91 Å². The Balaban J connectivity index is 2.19. The first-order valence-electron chi connectivity index (χ1n) is 5.19. The highest BCUT2D eigenvalue weighted by atomic mass is 79.9. The molecule has 0 aliphatic rings. The first-order valence-corrected chi connectivity index (χ1v) is 6.76. The van der Waals surface area contributed by atoms with Gasteiger partial charge in [0.05, 0.1) is 10.2 Å². The summed E-state index contributed by atoms with van der Waals surface area (Å²) >= 11 is 4.08. The Kier molecular flexibility index (Phi) is 4.03. The maximum absolute atomic E-state index is 13.3. The fourth-order valence-corrected chi connectivity index (χ4v) is 2.27. The van der Waals surface area contributed by atoms with Crippen LogP contribution in [0.15, 0.2) is 22.7 Å². The summed E-state index contributed by atoms with van der Waals surface area (Å²) in [6.45, 7) is 1.90. The third kappa shape index (κ3) is 2.73. The maximum atomic E-state index is 13.3. The highest BCUT2D eigenvalue weighted by Crippen LogP contribution is 2.20. The van der Waals surface area contributed by atoms with Crippen molar-refractivity contribution in [2.24, 2.45) is 0 Å². The number of hydrogen-bond acceptors (Lipinski definition) is 4. The molecule has 0 aliphatic carbocycles. The van der Waals surface area contributed by atoms with Crippen LogP contribution in [0.25, 0.3) is 0 Å². The lowest BCUT2D eigenvalue weighted by molar-refractivity contribution is 0.102. The molecule has 2 rings (SSSR count). The number of nitrogens with one attached hydrogen (secondary N) is 1. The molecular weight excluding hydrogens is 321 g/mol. The number of halogens is 2. The SMILES string of the molecule is CCc1nnsc1C(=O)Nc1ccc(Br)c(F)c1. The molecule has 1 aromatic heterocycles. The van der Waals surface area contributed by atoms with Crippen molar-refractivity contribution in [2.75, 3.05) is 5.32 Å². The number of amides is 1. The van der Waals surface area contributed by atoms with Crippen LogP contribution in [-0.4, -0.2) is 15.5 Å². The van der Waals surface area contributed by atoms with Crippen molar-refractivity contribution in [1.82, 2.24) is 9.59 Å². The quantitative estimate of drug-likeness (QED) is 0.940. The average Bonchev–Trinajstić information content (AvgIpc) is 2.82. The van der Waals surface area contributed by atoms with Crippen molar-refractivity contribution >= 4 is 39.1 Å². The summed E-state index contributed by atoms with van der Waals surface area (Å²) in [4.78, 5) is 12.4. The van der Waals surface area contributed by atoms with Crippen molar-refractivity contribution in [1.29, 1.82) is 0 Å². The number of rotatable bonds is 3. The molecule has 1 heterocycles. The van der Waals surface area contributed by atoms with Gasteiger partial charge in [0.2, 0.25) is 0 Å². The van der Waals surface area contributed by atoms with E-state index in [1.807, 2.05) is 6.92 Å². The third-order valence-corrected chi connectivity index (χ3v) is 3.68.